The fourth-order valence-electron chi connectivity index (χ4n) is 1.69. The second-order valence-corrected chi connectivity index (χ2v) is 3.69. The first-order valence-electron chi connectivity index (χ1n) is 4.69. The Morgan fingerprint density at radius 1 is 1.19 bits per heavy atom. The van der Waals surface area contributed by atoms with E-state index in [0.717, 1.165) is 4.90 Å². The number of hydrogen-bond donors (Lipinski definition) is 1. The average Bonchev–Trinajstić information content (AvgIpc) is 2.51. The van der Waals surface area contributed by atoms with Gasteiger partial charge in [0.25, 0.3) is 0 Å². The van der Waals surface area contributed by atoms with Gasteiger partial charge in [0, 0.05) is 31.1 Å². The largest absolute Gasteiger partial charge is 0.326 e. The lowest BCUT2D eigenvalue weighted by molar-refractivity contribution is -0.117. The van der Waals surface area contributed by atoms with Crippen molar-refractivity contribution in [1.29, 1.82) is 0 Å². The Hall–Kier alpha value is -1.56. The molecule has 0 aromatic heterocycles. The number of carbonyl (C=O) groups is 1. The third kappa shape index (κ3) is 1.76. The van der Waals surface area contributed by atoms with E-state index in [4.69, 9.17) is 5.73 Å². The quantitative estimate of drug-likeness (QED) is 0.736. The summed E-state index contributed by atoms with van der Waals surface area (Å²) in [5.41, 5.74) is 5.25. The van der Waals surface area contributed by atoms with Crippen molar-refractivity contribution in [1.82, 2.24) is 0 Å². The maximum atomic E-state index is 13.3. The highest BCUT2D eigenvalue weighted by Gasteiger charge is 2.30. The van der Waals surface area contributed by atoms with Crippen LogP contribution in [-0.2, 0) is 4.79 Å². The first-order chi connectivity index (χ1) is 7.49. The topological polar surface area (TPSA) is 46.3 Å². The summed E-state index contributed by atoms with van der Waals surface area (Å²) >= 11 is 0. The lowest BCUT2D eigenvalue weighted by atomic mass is 10.2. The lowest BCUT2D eigenvalue weighted by Gasteiger charge is -2.16. The molecule has 0 bridgehead atoms. The molecule has 2 rings (SSSR count). The smallest absolute Gasteiger partial charge is 0.228 e. The Labute approximate surface area is 89.6 Å². The van der Waals surface area contributed by atoms with Crippen molar-refractivity contribution in [2.75, 3.05) is 11.4 Å². The summed E-state index contributed by atoms with van der Waals surface area (Å²) in [7, 11) is 0. The summed E-state index contributed by atoms with van der Waals surface area (Å²) in [6.45, 7) is 0.112. The zero-order chi connectivity index (χ0) is 11.9. The molecule has 86 valence electrons. The van der Waals surface area contributed by atoms with Crippen LogP contribution in [0, 0.1) is 17.5 Å². The minimum absolute atomic E-state index is 0.0818. The van der Waals surface area contributed by atoms with Gasteiger partial charge >= 0.3 is 0 Å². The molecule has 6 heteroatoms. The van der Waals surface area contributed by atoms with Crippen LogP contribution in [0.15, 0.2) is 12.1 Å². The minimum atomic E-state index is -1.28. The van der Waals surface area contributed by atoms with Gasteiger partial charge in [-0.15, -0.1) is 0 Å². The van der Waals surface area contributed by atoms with Gasteiger partial charge in [-0.2, -0.15) is 0 Å². The van der Waals surface area contributed by atoms with Crippen LogP contribution in [-0.4, -0.2) is 18.5 Å². The fraction of sp³-hybridized carbons (Fsp3) is 0.300. The van der Waals surface area contributed by atoms with E-state index in [-0.39, 0.29) is 18.7 Å². The Kier molecular flexibility index (Phi) is 2.59. The molecule has 2 N–H and O–H groups in total. The average molecular weight is 230 g/mol. The number of hydrogen-bond acceptors (Lipinski definition) is 2. The molecule has 1 unspecified atom stereocenters. The predicted octanol–water partition coefficient (Wildman–Crippen LogP) is 1.17. The van der Waals surface area contributed by atoms with Gasteiger partial charge in [0.1, 0.15) is 5.82 Å². The summed E-state index contributed by atoms with van der Waals surface area (Å²) in [5.74, 6) is -3.83. The van der Waals surface area contributed by atoms with Gasteiger partial charge in [0.05, 0.1) is 5.69 Å². The van der Waals surface area contributed by atoms with Crippen molar-refractivity contribution in [3.63, 3.8) is 0 Å². The Morgan fingerprint density at radius 2 is 1.81 bits per heavy atom. The van der Waals surface area contributed by atoms with Crippen LogP contribution in [0.2, 0.25) is 0 Å². The zero-order valence-electron chi connectivity index (χ0n) is 8.21. The summed E-state index contributed by atoms with van der Waals surface area (Å²) in [5, 5.41) is 0. The number of halogens is 3. The van der Waals surface area contributed by atoms with Gasteiger partial charge < -0.3 is 10.6 Å². The maximum absolute atomic E-state index is 13.3. The summed E-state index contributed by atoms with van der Waals surface area (Å²) < 4.78 is 38.9. The highest BCUT2D eigenvalue weighted by molar-refractivity contribution is 5.96. The first kappa shape index (κ1) is 10.9. The molecule has 0 aliphatic carbocycles. The second-order valence-electron chi connectivity index (χ2n) is 3.69. The number of benzene rings is 1. The van der Waals surface area contributed by atoms with Crippen LogP contribution in [0.4, 0.5) is 18.9 Å². The molecule has 0 spiro atoms. The summed E-state index contributed by atoms with van der Waals surface area (Å²) in [4.78, 5) is 12.4. The highest BCUT2D eigenvalue weighted by Crippen LogP contribution is 2.26. The molecule has 1 aromatic rings. The van der Waals surface area contributed by atoms with Crippen molar-refractivity contribution in [2.24, 2.45) is 5.73 Å². The lowest BCUT2D eigenvalue weighted by Crippen LogP contribution is -2.28. The van der Waals surface area contributed by atoms with Crippen LogP contribution < -0.4 is 10.6 Å². The molecular weight excluding hydrogens is 221 g/mol. The molecule has 1 heterocycles. The van der Waals surface area contributed by atoms with E-state index in [2.05, 4.69) is 0 Å². The molecule has 0 radical (unpaired) electrons. The van der Waals surface area contributed by atoms with Crippen molar-refractivity contribution in [3.8, 4) is 0 Å². The number of rotatable bonds is 1. The molecular formula is C10H9F3N2O. The third-order valence-electron chi connectivity index (χ3n) is 2.44. The Morgan fingerprint density at radius 3 is 2.38 bits per heavy atom. The third-order valence-corrected chi connectivity index (χ3v) is 2.44. The van der Waals surface area contributed by atoms with E-state index in [9.17, 15) is 18.0 Å². The predicted molar refractivity (Wildman–Crippen MR) is 51.3 cm³/mol. The van der Waals surface area contributed by atoms with Gasteiger partial charge in [0.15, 0.2) is 11.6 Å². The van der Waals surface area contributed by atoms with Gasteiger partial charge in [0.2, 0.25) is 5.91 Å². The Balaban J connectivity index is 2.41. The zero-order valence-corrected chi connectivity index (χ0v) is 8.21. The van der Waals surface area contributed by atoms with E-state index in [1.54, 1.807) is 0 Å². The van der Waals surface area contributed by atoms with Crippen LogP contribution in [0.25, 0.3) is 0 Å². The molecule has 1 amide bonds. The number of carbonyl (C=O) groups excluding carboxylic acids is 1. The van der Waals surface area contributed by atoms with Crippen molar-refractivity contribution < 1.29 is 18.0 Å². The van der Waals surface area contributed by atoms with Crippen molar-refractivity contribution >= 4 is 11.6 Å². The summed E-state index contributed by atoms with van der Waals surface area (Å²) in [6.07, 6.45) is 0.0818. The van der Waals surface area contributed by atoms with Crippen molar-refractivity contribution in [2.45, 2.75) is 12.5 Å². The van der Waals surface area contributed by atoms with Gasteiger partial charge in [-0.1, -0.05) is 0 Å². The van der Waals surface area contributed by atoms with E-state index in [1.165, 1.54) is 0 Å². The molecule has 1 aliphatic heterocycles. The molecule has 3 nitrogen and oxygen atoms in total. The number of nitrogens with two attached hydrogens (primary N) is 1. The molecule has 1 saturated heterocycles. The molecule has 1 fully saturated rings. The SMILES string of the molecule is NC1CC(=O)N(c2cc(F)c(F)cc2F)C1. The molecule has 16 heavy (non-hydrogen) atoms. The van der Waals surface area contributed by atoms with E-state index in [0.29, 0.717) is 12.1 Å². The summed E-state index contributed by atoms with van der Waals surface area (Å²) in [6, 6.07) is 0.683. The van der Waals surface area contributed by atoms with Crippen LogP contribution in [0.5, 0.6) is 0 Å². The monoisotopic (exact) mass is 230 g/mol. The normalized spacial score (nSPS) is 20.6. The van der Waals surface area contributed by atoms with E-state index >= 15 is 0 Å². The molecule has 0 saturated carbocycles. The molecule has 1 aromatic carbocycles. The molecule has 1 aliphatic rings. The Bertz CT molecular complexity index is 450. The number of amides is 1. The van der Waals surface area contributed by atoms with Gasteiger partial charge in [-0.25, -0.2) is 13.2 Å². The molecule has 1 atom stereocenters. The van der Waals surface area contributed by atoms with Crippen molar-refractivity contribution in [3.05, 3.63) is 29.6 Å². The second kappa shape index (κ2) is 3.79. The van der Waals surface area contributed by atoms with Gasteiger partial charge in [-0.3, -0.25) is 4.79 Å². The maximum Gasteiger partial charge on any atom is 0.228 e. The minimum Gasteiger partial charge on any atom is -0.326 e. The first-order valence-corrected chi connectivity index (χ1v) is 4.69. The van der Waals surface area contributed by atoms with Crippen LogP contribution in [0.1, 0.15) is 6.42 Å². The fourth-order valence-corrected chi connectivity index (χ4v) is 1.69. The van der Waals surface area contributed by atoms with Gasteiger partial charge in [-0.05, 0) is 0 Å². The van der Waals surface area contributed by atoms with Crippen LogP contribution in [0.3, 0.4) is 0 Å². The van der Waals surface area contributed by atoms with E-state index < -0.39 is 29.4 Å². The number of nitrogens with zero attached hydrogens (tertiary/aromatic N) is 1. The standard InChI is InChI=1S/C10H9F3N2O/c11-6-2-8(13)9(3-7(6)12)15-4-5(14)1-10(15)16/h2-3,5H,1,4,14H2. The van der Waals surface area contributed by atoms with Crippen LogP contribution >= 0.6 is 0 Å². The van der Waals surface area contributed by atoms with E-state index in [1.807, 2.05) is 0 Å². The number of anilines is 1. The highest BCUT2D eigenvalue weighted by atomic mass is 19.2.